The molecule has 1 amide bonds. The van der Waals surface area contributed by atoms with Crippen molar-refractivity contribution in [3.8, 4) is 5.75 Å². The molecule has 1 N–H and O–H groups in total. The molecule has 0 bridgehead atoms. The molecular weight excluding hydrogens is 328 g/mol. The van der Waals surface area contributed by atoms with Crippen LogP contribution in [-0.2, 0) is 30.4 Å². The molecule has 25 heavy (non-hydrogen) atoms. The van der Waals surface area contributed by atoms with E-state index in [4.69, 9.17) is 4.74 Å². The number of rotatable bonds is 7. The molecule has 1 heterocycles. The number of nitrogens with zero attached hydrogens (tertiary/aromatic N) is 1. The maximum absolute atomic E-state index is 12.3. The average Bonchev–Trinajstić information content (AvgIpc) is 3.01. The van der Waals surface area contributed by atoms with Gasteiger partial charge in [-0.1, -0.05) is 0 Å². The predicted octanol–water partition coefficient (Wildman–Crippen LogP) is 0.871. The van der Waals surface area contributed by atoms with Crippen LogP contribution in [0.15, 0.2) is 30.5 Å². The third kappa shape index (κ3) is 4.50. The zero-order valence-electron chi connectivity index (χ0n) is 14.3. The van der Waals surface area contributed by atoms with Crippen LogP contribution < -0.4 is 10.1 Å². The summed E-state index contributed by atoms with van der Waals surface area (Å²) in [6.07, 6.45) is 1.47. The summed E-state index contributed by atoms with van der Waals surface area (Å²) in [6.45, 7) is -0.00943. The normalized spacial score (nSPS) is 11.6. The van der Waals surface area contributed by atoms with Crippen LogP contribution >= 0.6 is 0 Å². The molecule has 1 aromatic carbocycles. The number of carbonyl (C=O) groups excluding carboxylic acids is 3. The van der Waals surface area contributed by atoms with Crippen LogP contribution in [0.5, 0.6) is 5.75 Å². The fourth-order valence-corrected chi connectivity index (χ4v) is 2.42. The van der Waals surface area contributed by atoms with Crippen molar-refractivity contribution in [3.05, 3.63) is 30.5 Å². The molecule has 2 aromatic rings. The molecule has 0 saturated carbocycles. The van der Waals surface area contributed by atoms with E-state index < -0.39 is 23.9 Å². The van der Waals surface area contributed by atoms with E-state index in [2.05, 4.69) is 14.8 Å². The van der Waals surface area contributed by atoms with Crippen LogP contribution in [0.3, 0.4) is 0 Å². The summed E-state index contributed by atoms with van der Waals surface area (Å²) in [5.41, 5.74) is 0.846. The van der Waals surface area contributed by atoms with Gasteiger partial charge in [0.1, 0.15) is 18.3 Å². The van der Waals surface area contributed by atoms with Gasteiger partial charge in [-0.3, -0.25) is 9.59 Å². The third-order valence-corrected chi connectivity index (χ3v) is 3.71. The van der Waals surface area contributed by atoms with Gasteiger partial charge in [0.25, 0.3) is 0 Å². The van der Waals surface area contributed by atoms with E-state index in [0.29, 0.717) is 0 Å². The zero-order chi connectivity index (χ0) is 18.4. The first-order valence-corrected chi connectivity index (χ1v) is 7.55. The van der Waals surface area contributed by atoms with Gasteiger partial charge in [0.05, 0.1) is 27.8 Å². The highest BCUT2D eigenvalue weighted by Gasteiger charge is 2.25. The van der Waals surface area contributed by atoms with Crippen LogP contribution in [0.2, 0.25) is 0 Å². The highest BCUT2D eigenvalue weighted by atomic mass is 16.5. The van der Waals surface area contributed by atoms with Gasteiger partial charge in [0.2, 0.25) is 5.91 Å². The molecule has 0 radical (unpaired) electrons. The lowest BCUT2D eigenvalue weighted by Crippen LogP contribution is -2.44. The summed E-state index contributed by atoms with van der Waals surface area (Å²) >= 11 is 0. The number of fused-ring (bicyclic) bond motifs is 1. The third-order valence-electron chi connectivity index (χ3n) is 3.71. The molecule has 1 aromatic heterocycles. The molecule has 8 nitrogen and oxygen atoms in total. The summed E-state index contributed by atoms with van der Waals surface area (Å²) < 4.78 is 16.0. The van der Waals surface area contributed by atoms with Crippen molar-refractivity contribution in [3.63, 3.8) is 0 Å². The molecule has 1 unspecified atom stereocenters. The van der Waals surface area contributed by atoms with Crippen molar-refractivity contribution in [2.24, 2.45) is 0 Å². The van der Waals surface area contributed by atoms with Gasteiger partial charge >= 0.3 is 11.9 Å². The number of hydrogen-bond acceptors (Lipinski definition) is 6. The number of amides is 1. The lowest BCUT2D eigenvalue weighted by atomic mass is 10.2. The zero-order valence-corrected chi connectivity index (χ0v) is 14.3. The molecule has 1 atom stereocenters. The Morgan fingerprint density at radius 1 is 1.12 bits per heavy atom. The van der Waals surface area contributed by atoms with Crippen LogP contribution in [0.4, 0.5) is 0 Å². The summed E-state index contributed by atoms with van der Waals surface area (Å²) in [5, 5.41) is 3.42. The number of esters is 2. The number of hydrogen-bond donors (Lipinski definition) is 1. The van der Waals surface area contributed by atoms with Crippen molar-refractivity contribution in [1.82, 2.24) is 9.88 Å². The molecule has 0 aliphatic rings. The highest BCUT2D eigenvalue weighted by molar-refractivity contribution is 5.89. The first kappa shape index (κ1) is 18.3. The van der Waals surface area contributed by atoms with E-state index in [0.717, 1.165) is 16.7 Å². The SMILES string of the molecule is COC(=O)CC(NC(=O)Cn1ccc2cc(OC)ccc21)C(=O)OC. The van der Waals surface area contributed by atoms with Crippen molar-refractivity contribution < 1.29 is 28.6 Å². The van der Waals surface area contributed by atoms with E-state index in [1.165, 1.54) is 14.2 Å². The molecule has 2 rings (SSSR count). The second-order valence-electron chi connectivity index (χ2n) is 5.29. The smallest absolute Gasteiger partial charge is 0.328 e. The second kappa shape index (κ2) is 8.18. The maximum atomic E-state index is 12.3. The number of benzene rings is 1. The summed E-state index contributed by atoms with van der Waals surface area (Å²) in [5.74, 6) is -1.03. The quantitative estimate of drug-likeness (QED) is 0.746. The Morgan fingerprint density at radius 3 is 2.52 bits per heavy atom. The minimum atomic E-state index is -1.09. The Balaban J connectivity index is 2.09. The Bertz CT molecular complexity index is 783. The standard InChI is InChI=1S/C17H20N2O6/c1-23-12-4-5-14-11(8-12)6-7-19(14)10-15(20)18-13(17(22)25-3)9-16(21)24-2/h4-8,13H,9-10H2,1-3H3,(H,18,20). The van der Waals surface area contributed by atoms with E-state index in [9.17, 15) is 14.4 Å². The van der Waals surface area contributed by atoms with Crippen LogP contribution in [0.1, 0.15) is 6.42 Å². The minimum Gasteiger partial charge on any atom is -0.497 e. The number of carbonyl (C=O) groups is 3. The molecule has 0 fully saturated rings. The predicted molar refractivity (Wildman–Crippen MR) is 89.1 cm³/mol. The topological polar surface area (TPSA) is 95.9 Å². The van der Waals surface area contributed by atoms with E-state index in [1.54, 1.807) is 23.9 Å². The van der Waals surface area contributed by atoms with Gasteiger partial charge in [-0.15, -0.1) is 0 Å². The van der Waals surface area contributed by atoms with Crippen molar-refractivity contribution in [2.75, 3.05) is 21.3 Å². The van der Waals surface area contributed by atoms with Gasteiger partial charge in [-0.25, -0.2) is 4.79 Å². The van der Waals surface area contributed by atoms with E-state index >= 15 is 0 Å². The summed E-state index contributed by atoms with van der Waals surface area (Å²) in [7, 11) is 3.98. The molecule has 8 heteroatoms. The first-order chi connectivity index (χ1) is 12.0. The van der Waals surface area contributed by atoms with Gasteiger partial charge in [-0.2, -0.15) is 0 Å². The van der Waals surface area contributed by atoms with Crippen LogP contribution in [0.25, 0.3) is 10.9 Å². The number of methoxy groups -OCH3 is 3. The van der Waals surface area contributed by atoms with Gasteiger partial charge in [-0.05, 0) is 24.3 Å². The summed E-state index contributed by atoms with van der Waals surface area (Å²) in [4.78, 5) is 35.4. The molecule has 0 spiro atoms. The van der Waals surface area contributed by atoms with E-state index in [-0.39, 0.29) is 13.0 Å². The van der Waals surface area contributed by atoms with Crippen molar-refractivity contribution in [2.45, 2.75) is 19.0 Å². The highest BCUT2D eigenvalue weighted by Crippen LogP contribution is 2.21. The fourth-order valence-electron chi connectivity index (χ4n) is 2.42. The van der Waals surface area contributed by atoms with Crippen LogP contribution in [-0.4, -0.2) is 49.8 Å². The molecular formula is C17H20N2O6. The van der Waals surface area contributed by atoms with Gasteiger partial charge in [0, 0.05) is 17.1 Å². The Kier molecular flexibility index (Phi) is 5.99. The minimum absolute atomic E-state index is 0.00943. The number of nitrogens with one attached hydrogen (secondary N) is 1. The monoisotopic (exact) mass is 348 g/mol. The van der Waals surface area contributed by atoms with Crippen LogP contribution in [0, 0.1) is 0 Å². The maximum Gasteiger partial charge on any atom is 0.328 e. The lowest BCUT2D eigenvalue weighted by molar-refractivity contribution is -0.150. The average molecular weight is 348 g/mol. The second-order valence-corrected chi connectivity index (χ2v) is 5.29. The lowest BCUT2D eigenvalue weighted by Gasteiger charge is -2.16. The van der Waals surface area contributed by atoms with Crippen molar-refractivity contribution >= 4 is 28.7 Å². The first-order valence-electron chi connectivity index (χ1n) is 7.55. The Hall–Kier alpha value is -3.03. The van der Waals surface area contributed by atoms with Gasteiger partial charge < -0.3 is 24.1 Å². The number of aromatic nitrogens is 1. The molecule has 134 valence electrons. The van der Waals surface area contributed by atoms with Gasteiger partial charge in [0.15, 0.2) is 0 Å². The Morgan fingerprint density at radius 2 is 1.88 bits per heavy atom. The Labute approximate surface area is 144 Å². The molecule has 0 saturated heterocycles. The molecule has 0 aliphatic carbocycles. The van der Waals surface area contributed by atoms with E-state index in [1.807, 2.05) is 18.2 Å². The fraction of sp³-hybridized carbons (Fsp3) is 0.353. The molecule has 0 aliphatic heterocycles. The largest absolute Gasteiger partial charge is 0.497 e. The summed E-state index contributed by atoms with van der Waals surface area (Å²) in [6, 6.07) is 6.26. The number of ether oxygens (including phenoxy) is 3. The van der Waals surface area contributed by atoms with Crippen molar-refractivity contribution in [1.29, 1.82) is 0 Å².